The van der Waals surface area contributed by atoms with Crippen LogP contribution in [0.3, 0.4) is 0 Å². The van der Waals surface area contributed by atoms with E-state index in [1.165, 1.54) is 12.1 Å². The number of nitrogens with one attached hydrogen (secondary N) is 1. The van der Waals surface area contributed by atoms with Gasteiger partial charge in [-0.2, -0.15) is 25.8 Å². The number of carboxylic acid groups (broad SMARTS) is 1. The molecular formula is C15H11ClF4N2O6S. The van der Waals surface area contributed by atoms with Gasteiger partial charge >= 0.3 is 23.8 Å². The summed E-state index contributed by atoms with van der Waals surface area (Å²) in [6, 6.07) is 1.16. The number of aromatic carboxylic acids is 1. The molecule has 8 nitrogen and oxygen atoms in total. The van der Waals surface area contributed by atoms with Gasteiger partial charge in [0.2, 0.25) is 0 Å². The van der Waals surface area contributed by atoms with Gasteiger partial charge in [-0.3, -0.25) is 9.59 Å². The highest BCUT2D eigenvalue weighted by Gasteiger charge is 2.33. The molecule has 0 aliphatic carbocycles. The normalized spacial score (nSPS) is 10.7. The third-order valence-corrected chi connectivity index (χ3v) is 3.67. The van der Waals surface area contributed by atoms with E-state index in [0.29, 0.717) is 12.1 Å². The second-order valence-electron chi connectivity index (χ2n) is 4.98. The molecule has 0 spiro atoms. The fourth-order valence-corrected chi connectivity index (χ4v) is 2.17. The molecule has 158 valence electrons. The van der Waals surface area contributed by atoms with Crippen molar-refractivity contribution in [3.63, 3.8) is 0 Å². The third kappa shape index (κ3) is 6.09. The predicted molar refractivity (Wildman–Crippen MR) is 95.5 cm³/mol. The van der Waals surface area contributed by atoms with Crippen LogP contribution in [0.5, 0.6) is 0 Å². The summed E-state index contributed by atoms with van der Waals surface area (Å²) in [7, 11) is 1.33. The van der Waals surface area contributed by atoms with Crippen LogP contribution >= 0.6 is 24.2 Å². The fourth-order valence-electron chi connectivity index (χ4n) is 1.81. The number of H-pyrrole nitrogens is 1. The molecule has 14 heteroatoms. The van der Waals surface area contributed by atoms with Crippen LogP contribution in [0.15, 0.2) is 27.8 Å². The van der Waals surface area contributed by atoms with Crippen LogP contribution in [-0.4, -0.2) is 39.5 Å². The molecule has 0 amide bonds. The lowest BCUT2D eigenvalue weighted by Crippen LogP contribution is -2.36. The maximum atomic E-state index is 13.9. The molecule has 2 rings (SSSR count). The van der Waals surface area contributed by atoms with Gasteiger partial charge in [-0.25, -0.2) is 18.5 Å². The first kappa shape index (κ1) is 24.2. The van der Waals surface area contributed by atoms with E-state index in [2.05, 4.69) is 17.4 Å². The smallest absolute Gasteiger partial charge is 0.431 e. The number of carboxylic acids is 1. The molecule has 1 aromatic heterocycles. The molecule has 0 aliphatic heterocycles. The van der Waals surface area contributed by atoms with E-state index in [0.717, 1.165) is 0 Å². The summed E-state index contributed by atoms with van der Waals surface area (Å²) < 4.78 is 55.6. The maximum absolute atomic E-state index is 13.9. The van der Waals surface area contributed by atoms with E-state index in [1.807, 2.05) is 0 Å². The quantitative estimate of drug-likeness (QED) is 0.368. The number of thiol groups is 1. The number of carbonyl (C=O) groups excluding carboxylic acids is 1. The minimum Gasteiger partial charge on any atom is -0.478 e. The largest absolute Gasteiger partial charge is 0.478 e. The van der Waals surface area contributed by atoms with Crippen molar-refractivity contribution in [2.24, 2.45) is 0 Å². The van der Waals surface area contributed by atoms with E-state index >= 15 is 0 Å². The zero-order valence-electron chi connectivity index (χ0n) is 14.2. The standard InChI is InChI=1S/C12H5ClF4N2O4.C3H6O2S/c13-5-2-6(14)7(1-4(5)10(21)22)19-9(20)3-8(12(15,16)17)18-11(19)23;1-5-3(4)2-6/h1-3H,(H,18,23)(H,21,22);6H,2H2,1H3. The van der Waals surface area contributed by atoms with Crippen molar-refractivity contribution in [3.8, 4) is 5.69 Å². The lowest BCUT2D eigenvalue weighted by Gasteiger charge is -2.10. The number of nitrogens with zero attached hydrogens (tertiary/aromatic N) is 1. The topological polar surface area (TPSA) is 118 Å². The number of carbonyl (C=O) groups is 2. The third-order valence-electron chi connectivity index (χ3n) is 3.10. The molecule has 0 bridgehead atoms. The molecule has 0 saturated carbocycles. The number of methoxy groups -OCH3 is 1. The van der Waals surface area contributed by atoms with Crippen molar-refractivity contribution in [1.29, 1.82) is 0 Å². The van der Waals surface area contributed by atoms with E-state index < -0.39 is 51.2 Å². The Morgan fingerprint density at radius 3 is 2.24 bits per heavy atom. The van der Waals surface area contributed by atoms with Gasteiger partial charge in [0.25, 0.3) is 5.56 Å². The summed E-state index contributed by atoms with van der Waals surface area (Å²) in [6.07, 6.45) is -4.98. The van der Waals surface area contributed by atoms with Crippen LogP contribution in [0.1, 0.15) is 16.1 Å². The van der Waals surface area contributed by atoms with Crippen molar-refractivity contribution in [3.05, 3.63) is 61.1 Å². The SMILES string of the molecule is COC(=O)CS.O=C(O)c1cc(-n2c(=O)cc(C(F)(F)F)[nH]c2=O)c(F)cc1Cl. The first-order valence-electron chi connectivity index (χ1n) is 7.17. The Hall–Kier alpha value is -2.80. The second-order valence-corrected chi connectivity index (χ2v) is 5.71. The van der Waals surface area contributed by atoms with Crippen molar-refractivity contribution in [2.75, 3.05) is 12.9 Å². The number of benzene rings is 1. The van der Waals surface area contributed by atoms with Gasteiger partial charge in [0.05, 0.1) is 29.1 Å². The molecule has 29 heavy (non-hydrogen) atoms. The Labute approximate surface area is 169 Å². The summed E-state index contributed by atoms with van der Waals surface area (Å²) in [6.45, 7) is 0. The Bertz CT molecular complexity index is 1010. The first-order chi connectivity index (χ1) is 13.3. The number of esters is 1. The van der Waals surface area contributed by atoms with Crippen LogP contribution in [0.2, 0.25) is 5.02 Å². The number of aromatic amines is 1. The number of hydrogen-bond acceptors (Lipinski definition) is 6. The summed E-state index contributed by atoms with van der Waals surface area (Å²) in [5, 5.41) is 8.38. The van der Waals surface area contributed by atoms with Crippen LogP contribution in [0, 0.1) is 5.82 Å². The molecule has 1 aromatic carbocycles. The molecule has 0 radical (unpaired) electrons. The molecule has 2 N–H and O–H groups in total. The van der Waals surface area contributed by atoms with Gasteiger partial charge in [-0.15, -0.1) is 0 Å². The molecule has 0 saturated heterocycles. The van der Waals surface area contributed by atoms with Gasteiger partial charge in [-0.1, -0.05) is 11.6 Å². The van der Waals surface area contributed by atoms with Gasteiger partial charge < -0.3 is 14.8 Å². The van der Waals surface area contributed by atoms with Crippen LogP contribution in [0.25, 0.3) is 5.69 Å². The Balaban J connectivity index is 0.000000612. The maximum Gasteiger partial charge on any atom is 0.431 e. The number of aromatic nitrogens is 2. The second kappa shape index (κ2) is 9.60. The van der Waals surface area contributed by atoms with Crippen molar-refractivity contribution < 1.29 is 37.0 Å². The van der Waals surface area contributed by atoms with Crippen molar-refractivity contribution >= 4 is 36.2 Å². The molecule has 1 heterocycles. The monoisotopic (exact) mass is 458 g/mol. The molecule has 0 fully saturated rings. The molecule has 0 aliphatic rings. The molecular weight excluding hydrogens is 448 g/mol. The van der Waals surface area contributed by atoms with Crippen molar-refractivity contribution in [1.82, 2.24) is 9.55 Å². The zero-order chi connectivity index (χ0) is 22.5. The molecule has 0 atom stereocenters. The van der Waals surface area contributed by atoms with Crippen LogP contribution in [-0.2, 0) is 15.7 Å². The Morgan fingerprint density at radius 2 is 1.86 bits per heavy atom. The number of halogens is 5. The summed E-state index contributed by atoms with van der Waals surface area (Å²) in [5.74, 6) is -2.96. The Morgan fingerprint density at radius 1 is 1.28 bits per heavy atom. The zero-order valence-corrected chi connectivity index (χ0v) is 15.9. The fraction of sp³-hybridized carbons (Fsp3) is 0.200. The lowest BCUT2D eigenvalue weighted by molar-refractivity contribution is -0.141. The van der Waals surface area contributed by atoms with E-state index in [-0.39, 0.29) is 22.4 Å². The number of rotatable bonds is 3. The number of alkyl halides is 3. The molecule has 2 aromatic rings. The lowest BCUT2D eigenvalue weighted by atomic mass is 10.2. The number of ether oxygens (including phenoxy) is 1. The minimum atomic E-state index is -4.98. The summed E-state index contributed by atoms with van der Waals surface area (Å²) in [5.41, 5.74) is -6.15. The summed E-state index contributed by atoms with van der Waals surface area (Å²) >= 11 is 9.13. The van der Waals surface area contributed by atoms with Gasteiger partial charge in [0, 0.05) is 6.07 Å². The highest BCUT2D eigenvalue weighted by atomic mass is 35.5. The average molecular weight is 459 g/mol. The highest BCUT2D eigenvalue weighted by molar-refractivity contribution is 7.81. The highest BCUT2D eigenvalue weighted by Crippen LogP contribution is 2.26. The average Bonchev–Trinajstić information content (AvgIpc) is 2.61. The van der Waals surface area contributed by atoms with E-state index in [9.17, 15) is 36.7 Å². The summed E-state index contributed by atoms with van der Waals surface area (Å²) in [4.78, 5) is 45.6. The van der Waals surface area contributed by atoms with E-state index in [4.69, 9.17) is 16.7 Å². The first-order valence-corrected chi connectivity index (χ1v) is 8.18. The number of hydrogen-bond donors (Lipinski definition) is 3. The van der Waals surface area contributed by atoms with Crippen LogP contribution < -0.4 is 11.2 Å². The van der Waals surface area contributed by atoms with Gasteiger partial charge in [0.1, 0.15) is 11.5 Å². The van der Waals surface area contributed by atoms with Gasteiger partial charge in [-0.05, 0) is 12.1 Å². The van der Waals surface area contributed by atoms with Gasteiger partial charge in [0.15, 0.2) is 0 Å². The van der Waals surface area contributed by atoms with E-state index in [1.54, 1.807) is 0 Å². The van der Waals surface area contributed by atoms with Crippen molar-refractivity contribution in [2.45, 2.75) is 6.18 Å². The predicted octanol–water partition coefficient (Wildman–Crippen LogP) is 2.12. The minimum absolute atomic E-state index is 0.0351. The molecule has 0 unspecified atom stereocenters. The Kier molecular flexibility index (Phi) is 8.03. The van der Waals surface area contributed by atoms with Crippen LogP contribution in [0.4, 0.5) is 17.6 Å².